The average molecular weight is 351 g/mol. The number of carbonyl (C=O) groups is 2. The molecule has 0 aromatic heterocycles. The van der Waals surface area contributed by atoms with Crippen LogP contribution in [0.1, 0.15) is 13.8 Å². The highest BCUT2D eigenvalue weighted by Gasteiger charge is 2.24. The molecule has 1 aromatic rings. The Labute approximate surface area is 122 Å². The molecule has 0 radical (unpaired) electrons. The largest absolute Gasteiger partial charge is 0.480 e. The Morgan fingerprint density at radius 3 is 2.15 bits per heavy atom. The van der Waals surface area contributed by atoms with Crippen molar-refractivity contribution in [1.29, 1.82) is 0 Å². The summed E-state index contributed by atoms with van der Waals surface area (Å²) in [4.78, 5) is 22.5. The Morgan fingerprint density at radius 2 is 1.75 bits per heavy atom. The number of benzene rings is 1. The van der Waals surface area contributed by atoms with Gasteiger partial charge < -0.3 is 15.7 Å². The normalized spacial score (nSPS) is 12.1. The Balaban J connectivity index is 2.84. The number of amides is 2. The highest BCUT2D eigenvalue weighted by atomic mass is 79.9. The van der Waals surface area contributed by atoms with Crippen LogP contribution in [0.4, 0.5) is 19.3 Å². The molecule has 3 N–H and O–H groups in total. The molecule has 1 rings (SSSR count). The van der Waals surface area contributed by atoms with Crippen molar-refractivity contribution < 1.29 is 23.5 Å². The number of carbonyl (C=O) groups excluding carboxylic acids is 1. The summed E-state index contributed by atoms with van der Waals surface area (Å²) < 4.78 is 27.2. The maximum atomic E-state index is 13.5. The van der Waals surface area contributed by atoms with Crippen LogP contribution in [-0.2, 0) is 4.79 Å². The predicted octanol–water partition coefficient (Wildman–Crippen LogP) is 2.96. The van der Waals surface area contributed by atoms with Crippen LogP contribution < -0.4 is 10.6 Å². The van der Waals surface area contributed by atoms with E-state index >= 15 is 0 Å². The number of rotatable bonds is 4. The van der Waals surface area contributed by atoms with E-state index in [2.05, 4.69) is 21.2 Å². The van der Waals surface area contributed by atoms with Gasteiger partial charge in [0.15, 0.2) is 11.6 Å². The van der Waals surface area contributed by atoms with Gasteiger partial charge in [0.1, 0.15) is 11.7 Å². The van der Waals surface area contributed by atoms with Gasteiger partial charge in [-0.1, -0.05) is 29.8 Å². The number of nitrogens with one attached hydrogen (secondary N) is 2. The Kier molecular flexibility index (Phi) is 5.43. The fraction of sp³-hybridized carbons (Fsp3) is 0.333. The molecule has 1 aromatic carbocycles. The fourth-order valence-corrected chi connectivity index (χ4v) is 1.87. The minimum Gasteiger partial charge on any atom is -0.480 e. The smallest absolute Gasteiger partial charge is 0.326 e. The summed E-state index contributed by atoms with van der Waals surface area (Å²) in [6, 6.07) is -0.186. The van der Waals surface area contributed by atoms with Crippen molar-refractivity contribution in [2.45, 2.75) is 19.9 Å². The lowest BCUT2D eigenvalue weighted by Gasteiger charge is -2.18. The van der Waals surface area contributed by atoms with E-state index in [0.717, 1.165) is 12.1 Å². The molecule has 0 aliphatic rings. The first-order valence-corrected chi connectivity index (χ1v) is 6.46. The molecular weight excluding hydrogens is 338 g/mol. The Morgan fingerprint density at radius 1 is 1.25 bits per heavy atom. The number of urea groups is 1. The lowest BCUT2D eigenvalue weighted by Crippen LogP contribution is -2.46. The van der Waals surface area contributed by atoms with Gasteiger partial charge in [-0.15, -0.1) is 0 Å². The number of aliphatic carboxylic acids is 1. The topological polar surface area (TPSA) is 78.4 Å². The molecule has 110 valence electrons. The summed E-state index contributed by atoms with van der Waals surface area (Å²) in [5.74, 6) is -3.54. The molecule has 0 saturated heterocycles. The molecule has 20 heavy (non-hydrogen) atoms. The van der Waals surface area contributed by atoms with Crippen molar-refractivity contribution in [2.24, 2.45) is 5.92 Å². The number of hydrogen-bond donors (Lipinski definition) is 3. The summed E-state index contributed by atoms with van der Waals surface area (Å²) in [6.45, 7) is 3.19. The van der Waals surface area contributed by atoms with E-state index in [1.54, 1.807) is 13.8 Å². The highest BCUT2D eigenvalue weighted by molar-refractivity contribution is 9.10. The number of carboxylic acids is 1. The van der Waals surface area contributed by atoms with E-state index in [1.807, 2.05) is 5.32 Å². The molecule has 5 nitrogen and oxygen atoms in total. The lowest BCUT2D eigenvalue weighted by atomic mass is 10.1. The summed E-state index contributed by atoms with van der Waals surface area (Å²) in [6.07, 6.45) is 0. The first-order valence-electron chi connectivity index (χ1n) is 5.67. The maximum absolute atomic E-state index is 13.5. The second-order valence-corrected chi connectivity index (χ2v) is 5.32. The van der Waals surface area contributed by atoms with Gasteiger partial charge in [0.05, 0.1) is 0 Å². The molecule has 0 saturated carbocycles. The molecule has 0 aliphatic carbocycles. The molecule has 2 amide bonds. The average Bonchev–Trinajstić information content (AvgIpc) is 2.29. The van der Waals surface area contributed by atoms with Crippen molar-refractivity contribution in [2.75, 3.05) is 5.32 Å². The first kappa shape index (κ1) is 16.4. The zero-order valence-corrected chi connectivity index (χ0v) is 12.3. The second kappa shape index (κ2) is 6.65. The third-order valence-corrected chi connectivity index (χ3v) is 2.92. The molecule has 0 bridgehead atoms. The molecular formula is C12H13BrF2N2O3. The van der Waals surface area contributed by atoms with E-state index in [9.17, 15) is 18.4 Å². The van der Waals surface area contributed by atoms with Gasteiger partial charge in [0.2, 0.25) is 0 Å². The molecule has 0 aliphatic heterocycles. The lowest BCUT2D eigenvalue weighted by molar-refractivity contribution is -0.140. The third kappa shape index (κ3) is 4.16. The Bertz CT molecular complexity index is 514. The quantitative estimate of drug-likeness (QED) is 0.781. The standard InChI is InChI=1S/C12H13BrF2N2O3/c1-5(2)9(11(18)19)16-12(20)17-10-7(14)3-6(13)4-8(10)15/h3-5,9H,1-2H3,(H,18,19)(H2,16,17,20)/t9-/m1/s1. The zero-order chi connectivity index (χ0) is 15.4. The SMILES string of the molecule is CC(C)[C@@H](NC(=O)Nc1c(F)cc(Br)cc1F)C(=O)O. The molecule has 0 spiro atoms. The van der Waals surface area contributed by atoms with Crippen LogP contribution in [0.15, 0.2) is 16.6 Å². The fourth-order valence-electron chi connectivity index (χ4n) is 1.47. The monoisotopic (exact) mass is 350 g/mol. The van der Waals surface area contributed by atoms with Crippen LogP contribution in [0.25, 0.3) is 0 Å². The second-order valence-electron chi connectivity index (χ2n) is 4.40. The minimum absolute atomic E-state index is 0.184. The third-order valence-electron chi connectivity index (χ3n) is 2.46. The molecule has 0 unspecified atom stereocenters. The predicted molar refractivity (Wildman–Crippen MR) is 72.5 cm³/mol. The van der Waals surface area contributed by atoms with E-state index in [1.165, 1.54) is 0 Å². The van der Waals surface area contributed by atoms with Gasteiger partial charge in [-0.2, -0.15) is 0 Å². The highest BCUT2D eigenvalue weighted by Crippen LogP contribution is 2.23. The summed E-state index contributed by atoms with van der Waals surface area (Å²) in [7, 11) is 0. The van der Waals surface area contributed by atoms with Crippen molar-refractivity contribution in [3.05, 3.63) is 28.2 Å². The van der Waals surface area contributed by atoms with E-state index in [0.29, 0.717) is 0 Å². The first-order chi connectivity index (χ1) is 9.22. The van der Waals surface area contributed by atoms with Crippen LogP contribution in [0.2, 0.25) is 0 Å². The van der Waals surface area contributed by atoms with Gasteiger partial charge in [-0.3, -0.25) is 0 Å². The van der Waals surface area contributed by atoms with Crippen LogP contribution in [0.3, 0.4) is 0 Å². The zero-order valence-electron chi connectivity index (χ0n) is 10.7. The summed E-state index contributed by atoms with van der Waals surface area (Å²) in [5, 5.41) is 13.0. The van der Waals surface area contributed by atoms with E-state index < -0.39 is 35.4 Å². The number of anilines is 1. The van der Waals surface area contributed by atoms with Crippen LogP contribution in [0.5, 0.6) is 0 Å². The molecule has 0 heterocycles. The van der Waals surface area contributed by atoms with Crippen molar-refractivity contribution >= 4 is 33.6 Å². The molecule has 8 heteroatoms. The van der Waals surface area contributed by atoms with Crippen molar-refractivity contribution in [1.82, 2.24) is 5.32 Å². The minimum atomic E-state index is -1.23. The number of carboxylic acid groups (broad SMARTS) is 1. The number of hydrogen-bond acceptors (Lipinski definition) is 2. The maximum Gasteiger partial charge on any atom is 0.326 e. The van der Waals surface area contributed by atoms with Crippen LogP contribution >= 0.6 is 15.9 Å². The number of halogens is 3. The van der Waals surface area contributed by atoms with Crippen molar-refractivity contribution in [3.63, 3.8) is 0 Å². The van der Waals surface area contributed by atoms with Gasteiger partial charge in [-0.25, -0.2) is 18.4 Å². The molecule has 1 atom stereocenters. The van der Waals surface area contributed by atoms with E-state index in [4.69, 9.17) is 5.11 Å². The van der Waals surface area contributed by atoms with Gasteiger partial charge >= 0.3 is 12.0 Å². The molecule has 0 fully saturated rings. The van der Waals surface area contributed by atoms with Gasteiger partial charge in [0, 0.05) is 4.47 Å². The van der Waals surface area contributed by atoms with E-state index in [-0.39, 0.29) is 10.4 Å². The van der Waals surface area contributed by atoms with Crippen molar-refractivity contribution in [3.8, 4) is 0 Å². The van der Waals surface area contributed by atoms with Crippen LogP contribution in [0, 0.1) is 17.6 Å². The Hall–Kier alpha value is -1.70. The van der Waals surface area contributed by atoms with Crippen LogP contribution in [-0.4, -0.2) is 23.1 Å². The van der Waals surface area contributed by atoms with Gasteiger partial charge in [0.25, 0.3) is 0 Å². The summed E-state index contributed by atoms with van der Waals surface area (Å²) in [5.41, 5.74) is -0.640. The summed E-state index contributed by atoms with van der Waals surface area (Å²) >= 11 is 2.91. The van der Waals surface area contributed by atoms with Gasteiger partial charge in [-0.05, 0) is 18.1 Å².